The van der Waals surface area contributed by atoms with Crippen LogP contribution < -0.4 is 4.74 Å². The summed E-state index contributed by atoms with van der Waals surface area (Å²) in [6.07, 6.45) is 2.86. The minimum atomic E-state index is -0.577. The predicted molar refractivity (Wildman–Crippen MR) is 62.9 cm³/mol. The number of carbonyl (C=O) groups is 1. The maximum atomic E-state index is 11.7. The van der Waals surface area contributed by atoms with E-state index in [1.807, 2.05) is 6.07 Å². The summed E-state index contributed by atoms with van der Waals surface area (Å²) in [5.41, 5.74) is 1.37. The molecule has 0 aliphatic rings. The van der Waals surface area contributed by atoms with Crippen LogP contribution in [0.1, 0.15) is 21.7 Å². The lowest BCUT2D eigenvalue weighted by molar-refractivity contribution is 0.0728. The zero-order valence-corrected chi connectivity index (χ0v) is 9.62. The normalized spacial score (nSPS) is 9.56. The summed E-state index contributed by atoms with van der Waals surface area (Å²) in [5, 5.41) is 8.64. The standard InChI is InChI=1S/C13H9N3O2/c1-9-7-16-12(8-15-9)13(17)18-11-4-2-10(6-14)3-5-11/h2-5,7-8H,1H3. The van der Waals surface area contributed by atoms with Crippen molar-refractivity contribution in [2.45, 2.75) is 6.92 Å². The van der Waals surface area contributed by atoms with Gasteiger partial charge in [0.05, 0.1) is 23.5 Å². The highest BCUT2D eigenvalue weighted by Crippen LogP contribution is 2.13. The van der Waals surface area contributed by atoms with E-state index < -0.39 is 5.97 Å². The van der Waals surface area contributed by atoms with E-state index >= 15 is 0 Å². The maximum absolute atomic E-state index is 11.7. The summed E-state index contributed by atoms with van der Waals surface area (Å²) in [7, 11) is 0. The molecule has 0 saturated heterocycles. The second-order valence-corrected chi connectivity index (χ2v) is 3.57. The molecule has 88 valence electrons. The predicted octanol–water partition coefficient (Wildman–Crippen LogP) is 1.88. The van der Waals surface area contributed by atoms with Crippen LogP contribution in [0, 0.1) is 18.3 Å². The Kier molecular flexibility index (Phi) is 3.30. The van der Waals surface area contributed by atoms with Crippen LogP contribution in [-0.4, -0.2) is 15.9 Å². The third kappa shape index (κ3) is 2.68. The molecule has 1 aromatic heterocycles. The summed E-state index contributed by atoms with van der Waals surface area (Å²) >= 11 is 0. The third-order valence-electron chi connectivity index (χ3n) is 2.18. The van der Waals surface area contributed by atoms with Gasteiger partial charge in [0.15, 0.2) is 5.69 Å². The first kappa shape index (κ1) is 11.7. The smallest absolute Gasteiger partial charge is 0.363 e. The van der Waals surface area contributed by atoms with Crippen molar-refractivity contribution in [3.05, 3.63) is 53.6 Å². The van der Waals surface area contributed by atoms with Crippen LogP contribution in [0.25, 0.3) is 0 Å². The van der Waals surface area contributed by atoms with Gasteiger partial charge < -0.3 is 4.74 Å². The highest BCUT2D eigenvalue weighted by Gasteiger charge is 2.10. The molecule has 0 radical (unpaired) electrons. The van der Waals surface area contributed by atoms with Crippen molar-refractivity contribution in [3.63, 3.8) is 0 Å². The first-order valence-corrected chi connectivity index (χ1v) is 5.20. The van der Waals surface area contributed by atoms with E-state index in [2.05, 4.69) is 9.97 Å². The summed E-state index contributed by atoms with van der Waals surface area (Å²) < 4.78 is 5.09. The number of aromatic nitrogens is 2. The average molecular weight is 239 g/mol. The monoisotopic (exact) mass is 239 g/mol. The van der Waals surface area contributed by atoms with Gasteiger partial charge in [0, 0.05) is 6.20 Å². The number of hydrogen-bond acceptors (Lipinski definition) is 5. The Morgan fingerprint density at radius 3 is 2.50 bits per heavy atom. The lowest BCUT2D eigenvalue weighted by atomic mass is 10.2. The van der Waals surface area contributed by atoms with Crippen LogP contribution >= 0.6 is 0 Å². The second kappa shape index (κ2) is 5.06. The molecule has 5 nitrogen and oxygen atoms in total. The first-order chi connectivity index (χ1) is 8.69. The van der Waals surface area contributed by atoms with Gasteiger partial charge in [-0.3, -0.25) is 4.98 Å². The number of ether oxygens (including phenoxy) is 1. The Labute approximate surface area is 104 Å². The van der Waals surface area contributed by atoms with Crippen LogP contribution in [-0.2, 0) is 0 Å². The van der Waals surface area contributed by atoms with Crippen molar-refractivity contribution in [2.75, 3.05) is 0 Å². The highest BCUT2D eigenvalue weighted by molar-refractivity contribution is 5.88. The molecule has 0 unspecified atom stereocenters. The van der Waals surface area contributed by atoms with Gasteiger partial charge in [-0.2, -0.15) is 5.26 Å². The third-order valence-corrected chi connectivity index (χ3v) is 2.18. The molecule has 1 heterocycles. The lowest BCUT2D eigenvalue weighted by Crippen LogP contribution is -2.11. The fourth-order valence-corrected chi connectivity index (χ4v) is 1.25. The first-order valence-electron chi connectivity index (χ1n) is 5.20. The summed E-state index contributed by atoms with van der Waals surface area (Å²) in [6.45, 7) is 1.78. The molecule has 0 amide bonds. The largest absolute Gasteiger partial charge is 0.422 e. The van der Waals surface area contributed by atoms with Gasteiger partial charge in [-0.15, -0.1) is 0 Å². The number of benzene rings is 1. The Bertz CT molecular complexity index is 598. The minimum absolute atomic E-state index is 0.143. The molecule has 5 heteroatoms. The van der Waals surface area contributed by atoms with E-state index in [-0.39, 0.29) is 5.69 Å². The van der Waals surface area contributed by atoms with Gasteiger partial charge >= 0.3 is 5.97 Å². The zero-order chi connectivity index (χ0) is 13.0. The zero-order valence-electron chi connectivity index (χ0n) is 9.62. The topological polar surface area (TPSA) is 75.9 Å². The maximum Gasteiger partial charge on any atom is 0.363 e. The van der Waals surface area contributed by atoms with Gasteiger partial charge in [-0.25, -0.2) is 9.78 Å². The number of hydrogen-bond donors (Lipinski definition) is 0. The average Bonchev–Trinajstić information content (AvgIpc) is 2.40. The summed E-state index contributed by atoms with van der Waals surface area (Å²) in [5.74, 6) is -0.214. The molecule has 0 fully saturated rings. The molecular formula is C13H9N3O2. The van der Waals surface area contributed by atoms with E-state index in [0.717, 1.165) is 5.69 Å². The van der Waals surface area contributed by atoms with Crippen molar-refractivity contribution >= 4 is 5.97 Å². The molecular weight excluding hydrogens is 230 g/mol. The number of nitriles is 1. The Morgan fingerprint density at radius 2 is 1.94 bits per heavy atom. The Hall–Kier alpha value is -2.74. The molecule has 18 heavy (non-hydrogen) atoms. The number of nitrogens with zero attached hydrogens (tertiary/aromatic N) is 3. The van der Waals surface area contributed by atoms with Gasteiger partial charge in [-0.1, -0.05) is 0 Å². The van der Waals surface area contributed by atoms with Crippen molar-refractivity contribution in [1.29, 1.82) is 5.26 Å². The van der Waals surface area contributed by atoms with E-state index in [9.17, 15) is 4.79 Å². The van der Waals surface area contributed by atoms with Crippen molar-refractivity contribution in [2.24, 2.45) is 0 Å². The Morgan fingerprint density at radius 1 is 1.22 bits per heavy atom. The van der Waals surface area contributed by atoms with Crippen LogP contribution in [0.3, 0.4) is 0 Å². The molecule has 2 rings (SSSR count). The molecule has 1 aromatic carbocycles. The van der Waals surface area contributed by atoms with Gasteiger partial charge in [0.25, 0.3) is 0 Å². The molecule has 2 aromatic rings. The lowest BCUT2D eigenvalue weighted by Gasteiger charge is -2.03. The summed E-state index contributed by atoms with van der Waals surface area (Å²) in [6, 6.07) is 8.24. The second-order valence-electron chi connectivity index (χ2n) is 3.57. The summed E-state index contributed by atoms with van der Waals surface area (Å²) in [4.78, 5) is 19.6. The van der Waals surface area contributed by atoms with Crippen molar-refractivity contribution < 1.29 is 9.53 Å². The number of carbonyl (C=O) groups excluding carboxylic acids is 1. The molecule has 0 aliphatic heterocycles. The van der Waals surface area contributed by atoms with Crippen LogP contribution in [0.15, 0.2) is 36.7 Å². The van der Waals surface area contributed by atoms with E-state index in [1.165, 1.54) is 12.4 Å². The van der Waals surface area contributed by atoms with Gasteiger partial charge in [-0.05, 0) is 31.2 Å². The fourth-order valence-electron chi connectivity index (χ4n) is 1.25. The number of aryl methyl sites for hydroxylation is 1. The van der Waals surface area contributed by atoms with E-state index in [4.69, 9.17) is 10.00 Å². The Balaban J connectivity index is 2.11. The molecule has 0 atom stereocenters. The van der Waals surface area contributed by atoms with Crippen LogP contribution in [0.5, 0.6) is 5.75 Å². The van der Waals surface area contributed by atoms with Gasteiger partial charge in [0.1, 0.15) is 5.75 Å². The molecule has 0 spiro atoms. The molecule has 0 aliphatic carbocycles. The van der Waals surface area contributed by atoms with Gasteiger partial charge in [0.2, 0.25) is 0 Å². The minimum Gasteiger partial charge on any atom is -0.422 e. The molecule has 0 bridgehead atoms. The molecule has 0 saturated carbocycles. The van der Waals surface area contributed by atoms with E-state index in [1.54, 1.807) is 31.2 Å². The number of esters is 1. The molecule has 0 N–H and O–H groups in total. The van der Waals surface area contributed by atoms with Crippen LogP contribution in [0.2, 0.25) is 0 Å². The number of rotatable bonds is 2. The van der Waals surface area contributed by atoms with Crippen LogP contribution in [0.4, 0.5) is 0 Å². The quantitative estimate of drug-likeness (QED) is 0.590. The van der Waals surface area contributed by atoms with E-state index in [0.29, 0.717) is 11.3 Å². The van der Waals surface area contributed by atoms with Crippen molar-refractivity contribution in [3.8, 4) is 11.8 Å². The highest BCUT2D eigenvalue weighted by atomic mass is 16.5. The SMILES string of the molecule is Cc1cnc(C(=O)Oc2ccc(C#N)cc2)cn1. The fraction of sp³-hybridized carbons (Fsp3) is 0.0769. The van der Waals surface area contributed by atoms with Crippen molar-refractivity contribution in [1.82, 2.24) is 9.97 Å².